The number of para-hydroxylation sites is 1. The summed E-state index contributed by atoms with van der Waals surface area (Å²) in [7, 11) is 0. The Kier molecular flexibility index (Phi) is 4.87. The van der Waals surface area contributed by atoms with Gasteiger partial charge in [-0.2, -0.15) is 5.11 Å². The molecule has 1 aromatic heterocycles. The van der Waals surface area contributed by atoms with Gasteiger partial charge in [0.1, 0.15) is 0 Å². The number of hydrogen-bond acceptors (Lipinski definition) is 4. The Labute approximate surface area is 158 Å². The molecule has 1 aliphatic heterocycles. The lowest BCUT2D eigenvalue weighted by Gasteiger charge is -2.28. The minimum Gasteiger partial charge on any atom is -0.372 e. The van der Waals surface area contributed by atoms with Gasteiger partial charge in [0.2, 0.25) is 0 Å². The van der Waals surface area contributed by atoms with Crippen molar-refractivity contribution in [1.29, 1.82) is 0 Å². The van der Waals surface area contributed by atoms with E-state index in [0.717, 1.165) is 24.5 Å². The molecule has 6 nitrogen and oxygen atoms in total. The topological polar surface area (TPSA) is 65.8 Å². The summed E-state index contributed by atoms with van der Waals surface area (Å²) in [4.78, 5) is 15.0. The van der Waals surface area contributed by atoms with Crippen LogP contribution in [0.4, 0.5) is 17.1 Å². The number of aromatic amines is 1. The van der Waals surface area contributed by atoms with Gasteiger partial charge >= 0.3 is 0 Å². The van der Waals surface area contributed by atoms with E-state index in [2.05, 4.69) is 32.4 Å². The Hall–Kier alpha value is -3.15. The van der Waals surface area contributed by atoms with Gasteiger partial charge in [-0.1, -0.05) is 18.2 Å². The van der Waals surface area contributed by atoms with Gasteiger partial charge in [-0.15, -0.1) is 5.11 Å². The number of hydrogen-bond donors (Lipinski definition) is 1. The molecule has 0 spiro atoms. The fourth-order valence-electron chi connectivity index (χ4n) is 3.40. The number of anilines is 1. The normalized spacial score (nSPS) is 14.8. The molecule has 1 saturated heterocycles. The molecule has 4 rings (SSSR count). The zero-order chi connectivity index (χ0) is 18.6. The second-order valence-electron chi connectivity index (χ2n) is 6.83. The van der Waals surface area contributed by atoms with Gasteiger partial charge in [-0.05, 0) is 62.6 Å². The van der Waals surface area contributed by atoms with Gasteiger partial charge in [0.15, 0.2) is 5.69 Å². The summed E-state index contributed by atoms with van der Waals surface area (Å²) in [5, 5.41) is 11.5. The van der Waals surface area contributed by atoms with E-state index < -0.39 is 0 Å². The van der Waals surface area contributed by atoms with Crippen molar-refractivity contribution in [2.45, 2.75) is 26.2 Å². The molecule has 1 fully saturated rings. The standard InChI is InChI=1S/C21H23N5O/c1-16-20(21(27)26(24-16)19-8-4-2-5-9-19)23-22-17-10-12-18(13-11-17)25-14-6-3-7-15-25/h2,4-5,8-13,24H,3,6-7,14-15H2,1H3. The van der Waals surface area contributed by atoms with E-state index in [1.165, 1.54) is 29.6 Å². The molecule has 6 heteroatoms. The predicted molar refractivity (Wildman–Crippen MR) is 108 cm³/mol. The van der Waals surface area contributed by atoms with Crippen LogP contribution < -0.4 is 10.5 Å². The molecule has 3 aromatic rings. The fourth-order valence-corrected chi connectivity index (χ4v) is 3.40. The molecule has 0 amide bonds. The van der Waals surface area contributed by atoms with Crippen LogP contribution in [0, 0.1) is 6.92 Å². The molecule has 138 valence electrons. The van der Waals surface area contributed by atoms with Crippen LogP contribution in [0.3, 0.4) is 0 Å². The highest BCUT2D eigenvalue weighted by molar-refractivity contribution is 5.53. The lowest BCUT2D eigenvalue weighted by Crippen LogP contribution is -2.29. The van der Waals surface area contributed by atoms with Crippen molar-refractivity contribution >= 4 is 17.1 Å². The van der Waals surface area contributed by atoms with Crippen molar-refractivity contribution in [3.8, 4) is 5.69 Å². The van der Waals surface area contributed by atoms with E-state index in [1.807, 2.05) is 49.4 Å². The first-order chi connectivity index (χ1) is 13.2. The molecule has 0 atom stereocenters. The van der Waals surface area contributed by atoms with Crippen LogP contribution in [0.15, 0.2) is 69.6 Å². The van der Waals surface area contributed by atoms with Crippen molar-refractivity contribution in [2.75, 3.05) is 18.0 Å². The van der Waals surface area contributed by atoms with Gasteiger partial charge in [-0.25, -0.2) is 4.68 Å². The average Bonchev–Trinajstić information content (AvgIpc) is 3.02. The summed E-state index contributed by atoms with van der Waals surface area (Å²) in [6.45, 7) is 4.06. The van der Waals surface area contributed by atoms with Crippen molar-refractivity contribution in [3.63, 3.8) is 0 Å². The van der Waals surface area contributed by atoms with E-state index in [9.17, 15) is 4.79 Å². The van der Waals surface area contributed by atoms with Crippen molar-refractivity contribution in [1.82, 2.24) is 9.78 Å². The summed E-state index contributed by atoms with van der Waals surface area (Å²) in [6, 6.07) is 17.5. The van der Waals surface area contributed by atoms with Gasteiger partial charge < -0.3 is 4.90 Å². The Morgan fingerprint density at radius 1 is 0.852 bits per heavy atom. The maximum Gasteiger partial charge on any atom is 0.299 e. The summed E-state index contributed by atoms with van der Waals surface area (Å²) >= 11 is 0. The Balaban J connectivity index is 1.55. The maximum absolute atomic E-state index is 12.6. The van der Waals surface area contributed by atoms with E-state index in [-0.39, 0.29) is 5.56 Å². The number of piperidine rings is 1. The van der Waals surface area contributed by atoms with Crippen molar-refractivity contribution < 1.29 is 0 Å². The molecule has 1 N–H and O–H groups in total. The minimum atomic E-state index is -0.201. The highest BCUT2D eigenvalue weighted by Crippen LogP contribution is 2.24. The summed E-state index contributed by atoms with van der Waals surface area (Å²) < 4.78 is 1.49. The molecule has 0 radical (unpaired) electrons. The van der Waals surface area contributed by atoms with Crippen LogP contribution in [0.2, 0.25) is 0 Å². The minimum absolute atomic E-state index is 0.201. The number of aryl methyl sites for hydroxylation is 1. The van der Waals surface area contributed by atoms with E-state index in [0.29, 0.717) is 11.4 Å². The van der Waals surface area contributed by atoms with Gasteiger partial charge in [0, 0.05) is 18.8 Å². The van der Waals surface area contributed by atoms with Crippen molar-refractivity contribution in [2.24, 2.45) is 10.2 Å². The Morgan fingerprint density at radius 2 is 1.56 bits per heavy atom. The first-order valence-electron chi connectivity index (χ1n) is 9.36. The average molecular weight is 361 g/mol. The molecular formula is C21H23N5O. The van der Waals surface area contributed by atoms with Gasteiger partial charge in [0.05, 0.1) is 17.1 Å². The molecule has 2 aromatic carbocycles. The Bertz CT molecular complexity index is 980. The fraction of sp³-hybridized carbons (Fsp3) is 0.286. The number of azo groups is 1. The van der Waals surface area contributed by atoms with E-state index >= 15 is 0 Å². The number of nitrogens with one attached hydrogen (secondary N) is 1. The lowest BCUT2D eigenvalue weighted by atomic mass is 10.1. The highest BCUT2D eigenvalue weighted by atomic mass is 16.1. The number of benzene rings is 2. The van der Waals surface area contributed by atoms with Gasteiger partial charge in [-0.3, -0.25) is 9.89 Å². The number of H-pyrrole nitrogens is 1. The first-order valence-corrected chi connectivity index (χ1v) is 9.36. The summed E-state index contributed by atoms with van der Waals surface area (Å²) in [6.07, 6.45) is 3.82. The van der Waals surface area contributed by atoms with Crippen LogP contribution in [-0.2, 0) is 0 Å². The SMILES string of the molecule is Cc1[nH]n(-c2ccccc2)c(=O)c1N=Nc1ccc(N2CCCCC2)cc1. The first kappa shape index (κ1) is 17.3. The molecule has 1 aliphatic rings. The number of aromatic nitrogens is 2. The molecule has 0 bridgehead atoms. The third-order valence-electron chi connectivity index (χ3n) is 4.89. The quantitative estimate of drug-likeness (QED) is 0.673. The molecule has 2 heterocycles. The zero-order valence-corrected chi connectivity index (χ0v) is 15.4. The largest absolute Gasteiger partial charge is 0.372 e. The second kappa shape index (κ2) is 7.61. The third kappa shape index (κ3) is 3.69. The second-order valence-corrected chi connectivity index (χ2v) is 6.83. The molecule has 27 heavy (non-hydrogen) atoms. The van der Waals surface area contributed by atoms with Crippen LogP contribution in [0.5, 0.6) is 0 Å². The highest BCUT2D eigenvalue weighted by Gasteiger charge is 2.12. The summed E-state index contributed by atoms with van der Waals surface area (Å²) in [5.74, 6) is 0. The Morgan fingerprint density at radius 3 is 2.26 bits per heavy atom. The van der Waals surface area contributed by atoms with Crippen LogP contribution in [0.1, 0.15) is 25.0 Å². The van der Waals surface area contributed by atoms with Crippen molar-refractivity contribution in [3.05, 3.63) is 70.6 Å². The van der Waals surface area contributed by atoms with Gasteiger partial charge in [0.25, 0.3) is 5.56 Å². The number of rotatable bonds is 4. The molecular weight excluding hydrogens is 338 g/mol. The monoisotopic (exact) mass is 361 g/mol. The predicted octanol–water partition coefficient (Wildman–Crippen LogP) is 4.88. The third-order valence-corrected chi connectivity index (χ3v) is 4.89. The lowest BCUT2D eigenvalue weighted by molar-refractivity contribution is 0.578. The number of nitrogens with zero attached hydrogens (tertiary/aromatic N) is 4. The van der Waals surface area contributed by atoms with Crippen LogP contribution >= 0.6 is 0 Å². The summed E-state index contributed by atoms with van der Waals surface area (Å²) in [5.41, 5.74) is 3.56. The zero-order valence-electron chi connectivity index (χ0n) is 15.4. The molecule has 0 saturated carbocycles. The maximum atomic E-state index is 12.6. The molecule has 0 unspecified atom stereocenters. The van der Waals surface area contributed by atoms with E-state index in [1.54, 1.807) is 0 Å². The smallest absolute Gasteiger partial charge is 0.299 e. The van der Waals surface area contributed by atoms with E-state index in [4.69, 9.17) is 0 Å². The van der Waals surface area contributed by atoms with Crippen LogP contribution in [-0.4, -0.2) is 22.9 Å². The molecule has 0 aliphatic carbocycles. The van der Waals surface area contributed by atoms with Crippen LogP contribution in [0.25, 0.3) is 5.69 Å².